The van der Waals surface area contributed by atoms with Gasteiger partial charge in [-0.25, -0.2) is 4.39 Å². The number of hydrogen-bond donors (Lipinski definition) is 2. The maximum atomic E-state index is 13.7. The van der Waals surface area contributed by atoms with Gasteiger partial charge in [-0.05, 0) is 67.3 Å². The second kappa shape index (κ2) is 10.9. The maximum Gasteiger partial charge on any atom is 0.320 e. The molecule has 0 aliphatic heterocycles. The lowest BCUT2D eigenvalue weighted by atomic mass is 9.79. The molecule has 178 valence electrons. The molecule has 34 heavy (non-hydrogen) atoms. The average Bonchev–Trinajstić information content (AvgIpc) is 3.33. The summed E-state index contributed by atoms with van der Waals surface area (Å²) in [6.07, 6.45) is 4.55. The van der Waals surface area contributed by atoms with Gasteiger partial charge in [-0.1, -0.05) is 36.3 Å². The molecule has 4 rings (SSSR count). The summed E-state index contributed by atoms with van der Waals surface area (Å²) < 4.78 is 24.3. The summed E-state index contributed by atoms with van der Waals surface area (Å²) in [5.74, 6) is -0.518. The van der Waals surface area contributed by atoms with Gasteiger partial charge in [-0.2, -0.15) is 0 Å². The Balaban J connectivity index is 1.28. The zero-order valence-electron chi connectivity index (χ0n) is 18.9. The Labute approximate surface area is 196 Å². The molecule has 0 radical (unpaired) electrons. The zero-order valence-corrected chi connectivity index (χ0v) is 18.9. The molecule has 1 aliphatic carbocycles. The molecule has 0 bridgehead atoms. The van der Waals surface area contributed by atoms with Crippen molar-refractivity contribution in [1.82, 2.24) is 10.2 Å². The Morgan fingerprint density at radius 3 is 2.50 bits per heavy atom. The molecule has 8 nitrogen and oxygen atoms in total. The van der Waals surface area contributed by atoms with Gasteiger partial charge in [0.15, 0.2) is 0 Å². The van der Waals surface area contributed by atoms with Gasteiger partial charge < -0.3 is 19.8 Å². The van der Waals surface area contributed by atoms with Gasteiger partial charge in [-0.3, -0.25) is 9.59 Å². The molecule has 1 aromatic heterocycles. The Bertz CT molecular complexity index is 1120. The van der Waals surface area contributed by atoms with E-state index >= 15 is 0 Å². The van der Waals surface area contributed by atoms with E-state index in [1.165, 1.54) is 17.7 Å². The van der Waals surface area contributed by atoms with E-state index in [-0.39, 0.29) is 23.6 Å². The number of aromatic nitrogens is 2. The largest absolute Gasteiger partial charge is 0.465 e. The van der Waals surface area contributed by atoms with Crippen molar-refractivity contribution in [3.05, 3.63) is 65.8 Å². The molecule has 1 amide bonds. The number of rotatable bonds is 8. The SMILES string of the molecule is CCC(=O)OCC1CCC(c2ccc(NC(=O)c3nnc(Nc4ccccc4F)o3)cc2)CC1. The van der Waals surface area contributed by atoms with Crippen molar-refractivity contribution in [2.24, 2.45) is 5.92 Å². The highest BCUT2D eigenvalue weighted by Gasteiger charge is 2.23. The highest BCUT2D eigenvalue weighted by atomic mass is 19.1. The minimum Gasteiger partial charge on any atom is -0.465 e. The van der Waals surface area contributed by atoms with Crippen LogP contribution in [0.5, 0.6) is 0 Å². The van der Waals surface area contributed by atoms with Gasteiger partial charge in [0.1, 0.15) is 5.82 Å². The lowest BCUT2D eigenvalue weighted by molar-refractivity contribution is -0.145. The summed E-state index contributed by atoms with van der Waals surface area (Å²) in [5.41, 5.74) is 2.00. The van der Waals surface area contributed by atoms with Crippen LogP contribution in [-0.4, -0.2) is 28.7 Å². The van der Waals surface area contributed by atoms with E-state index in [0.29, 0.717) is 30.6 Å². The van der Waals surface area contributed by atoms with Gasteiger partial charge >= 0.3 is 23.8 Å². The molecule has 0 saturated heterocycles. The third kappa shape index (κ3) is 5.98. The van der Waals surface area contributed by atoms with Crippen molar-refractivity contribution in [3.8, 4) is 0 Å². The second-order valence-corrected chi connectivity index (χ2v) is 8.35. The number of anilines is 3. The van der Waals surface area contributed by atoms with Crippen LogP contribution in [0.25, 0.3) is 0 Å². The molecule has 1 saturated carbocycles. The van der Waals surface area contributed by atoms with Crippen LogP contribution in [0.1, 0.15) is 61.2 Å². The molecule has 2 N–H and O–H groups in total. The van der Waals surface area contributed by atoms with Gasteiger partial charge in [0.25, 0.3) is 0 Å². The normalized spacial score (nSPS) is 17.7. The molecule has 0 spiro atoms. The second-order valence-electron chi connectivity index (χ2n) is 8.35. The summed E-state index contributed by atoms with van der Waals surface area (Å²) in [4.78, 5) is 23.8. The Hall–Kier alpha value is -3.75. The smallest absolute Gasteiger partial charge is 0.320 e. The van der Waals surface area contributed by atoms with Gasteiger partial charge in [0.05, 0.1) is 12.3 Å². The zero-order chi connectivity index (χ0) is 23.9. The van der Waals surface area contributed by atoms with Crippen LogP contribution in [0.15, 0.2) is 52.9 Å². The monoisotopic (exact) mass is 466 g/mol. The van der Waals surface area contributed by atoms with Crippen LogP contribution in [0.3, 0.4) is 0 Å². The van der Waals surface area contributed by atoms with Gasteiger partial charge in [0.2, 0.25) is 0 Å². The van der Waals surface area contributed by atoms with E-state index in [0.717, 1.165) is 25.7 Å². The van der Waals surface area contributed by atoms with Crippen LogP contribution >= 0.6 is 0 Å². The third-order valence-electron chi connectivity index (χ3n) is 5.99. The lowest BCUT2D eigenvalue weighted by Gasteiger charge is -2.28. The number of esters is 1. The number of benzene rings is 2. The van der Waals surface area contributed by atoms with Gasteiger partial charge in [0, 0.05) is 12.1 Å². The molecule has 3 aromatic rings. The summed E-state index contributed by atoms with van der Waals surface area (Å²) in [6.45, 7) is 2.31. The number of carbonyl (C=O) groups is 2. The number of carbonyl (C=O) groups excluding carboxylic acids is 2. The summed E-state index contributed by atoms with van der Waals surface area (Å²) in [7, 11) is 0. The number of amides is 1. The Morgan fingerprint density at radius 2 is 1.79 bits per heavy atom. The fraction of sp³-hybridized carbons (Fsp3) is 0.360. The molecular weight excluding hydrogens is 439 g/mol. The van der Waals surface area contributed by atoms with Crippen molar-refractivity contribution < 1.29 is 23.1 Å². The molecule has 2 aromatic carbocycles. The fourth-order valence-corrected chi connectivity index (χ4v) is 4.04. The van der Waals surface area contributed by atoms with E-state index < -0.39 is 11.7 Å². The van der Waals surface area contributed by atoms with Crippen LogP contribution in [0, 0.1) is 11.7 Å². The molecule has 1 fully saturated rings. The minimum atomic E-state index is -0.552. The number of ether oxygens (including phenoxy) is 1. The van der Waals surface area contributed by atoms with Crippen LogP contribution < -0.4 is 10.6 Å². The quantitative estimate of drug-likeness (QED) is 0.426. The molecule has 9 heteroatoms. The standard InChI is InChI=1S/C25H27FN4O4/c1-2-22(31)33-15-16-7-9-17(10-8-16)18-11-13-19(14-12-18)27-23(32)24-29-30-25(34-24)28-21-6-4-3-5-20(21)26/h3-6,11-14,16-17H,2,7-10,15H2,1H3,(H,27,32)(H,28,30). The van der Waals surface area contributed by atoms with E-state index in [2.05, 4.69) is 20.8 Å². The van der Waals surface area contributed by atoms with Crippen LogP contribution in [0.4, 0.5) is 21.8 Å². The number of halogens is 1. The van der Waals surface area contributed by atoms with Gasteiger partial charge in [-0.15, -0.1) is 5.10 Å². The topological polar surface area (TPSA) is 106 Å². The summed E-state index contributed by atoms with van der Waals surface area (Å²) >= 11 is 0. The number of nitrogens with one attached hydrogen (secondary N) is 2. The number of hydrogen-bond acceptors (Lipinski definition) is 7. The maximum absolute atomic E-state index is 13.7. The Kier molecular flexibility index (Phi) is 7.51. The van der Waals surface area contributed by atoms with Crippen molar-refractivity contribution in [3.63, 3.8) is 0 Å². The third-order valence-corrected chi connectivity index (χ3v) is 5.99. The Morgan fingerprint density at radius 1 is 1.06 bits per heavy atom. The number of nitrogens with zero attached hydrogens (tertiary/aromatic N) is 2. The van der Waals surface area contributed by atoms with E-state index in [1.54, 1.807) is 19.1 Å². The molecule has 0 atom stereocenters. The first kappa shape index (κ1) is 23.4. The predicted octanol–water partition coefficient (Wildman–Crippen LogP) is 5.43. The van der Waals surface area contributed by atoms with Crippen molar-refractivity contribution in [2.75, 3.05) is 17.2 Å². The first-order valence-electron chi connectivity index (χ1n) is 11.4. The van der Waals surface area contributed by atoms with Crippen LogP contribution in [-0.2, 0) is 9.53 Å². The van der Waals surface area contributed by atoms with Crippen molar-refractivity contribution in [2.45, 2.75) is 44.9 Å². The first-order chi connectivity index (χ1) is 16.5. The summed E-state index contributed by atoms with van der Waals surface area (Å²) in [6, 6.07) is 13.7. The molecule has 1 aliphatic rings. The molecule has 1 heterocycles. The molecular formula is C25H27FN4O4. The fourth-order valence-electron chi connectivity index (χ4n) is 4.04. The van der Waals surface area contributed by atoms with E-state index in [9.17, 15) is 14.0 Å². The minimum absolute atomic E-state index is 0.0781. The first-order valence-corrected chi connectivity index (χ1v) is 11.4. The number of para-hydroxylation sites is 1. The highest BCUT2D eigenvalue weighted by molar-refractivity contribution is 6.00. The highest BCUT2D eigenvalue weighted by Crippen LogP contribution is 2.36. The van der Waals surface area contributed by atoms with Crippen molar-refractivity contribution in [1.29, 1.82) is 0 Å². The predicted molar refractivity (Wildman–Crippen MR) is 124 cm³/mol. The van der Waals surface area contributed by atoms with Crippen LogP contribution in [0.2, 0.25) is 0 Å². The summed E-state index contributed by atoms with van der Waals surface area (Å²) in [5, 5.41) is 12.8. The van der Waals surface area contributed by atoms with E-state index in [4.69, 9.17) is 9.15 Å². The average molecular weight is 467 g/mol. The van der Waals surface area contributed by atoms with E-state index in [1.807, 2.05) is 24.3 Å². The molecule has 0 unspecified atom stereocenters. The lowest BCUT2D eigenvalue weighted by Crippen LogP contribution is -2.19. The van der Waals surface area contributed by atoms with Crippen molar-refractivity contribution >= 4 is 29.3 Å².